The highest BCUT2D eigenvalue weighted by atomic mass is 16.4. The van der Waals surface area contributed by atoms with E-state index < -0.39 is 12.0 Å². The maximum Gasteiger partial charge on any atom is 0.322 e. The number of hydrogen-bond donors (Lipinski definition) is 2. The van der Waals surface area contributed by atoms with Gasteiger partial charge in [-0.3, -0.25) is 9.48 Å². The molecule has 0 aromatic carbocycles. The molecule has 84 valence electrons. The van der Waals surface area contributed by atoms with Crippen molar-refractivity contribution in [2.24, 2.45) is 0 Å². The number of aryl methyl sites for hydroxylation is 1. The Morgan fingerprint density at radius 2 is 2.40 bits per heavy atom. The Morgan fingerprint density at radius 3 is 2.80 bits per heavy atom. The lowest BCUT2D eigenvalue weighted by atomic mass is 10.1. The molecule has 1 aromatic heterocycles. The van der Waals surface area contributed by atoms with Crippen LogP contribution in [-0.2, 0) is 11.2 Å². The van der Waals surface area contributed by atoms with Crippen LogP contribution in [0.15, 0.2) is 12.4 Å². The van der Waals surface area contributed by atoms with E-state index in [1.165, 1.54) is 0 Å². The number of carboxylic acids is 1. The second-order valence-electron chi connectivity index (χ2n) is 3.53. The minimum atomic E-state index is -0.862. The van der Waals surface area contributed by atoms with Crippen molar-refractivity contribution in [1.82, 2.24) is 15.1 Å². The largest absolute Gasteiger partial charge is 0.480 e. The smallest absolute Gasteiger partial charge is 0.322 e. The van der Waals surface area contributed by atoms with Gasteiger partial charge in [0.1, 0.15) is 6.04 Å². The quantitative estimate of drug-likeness (QED) is 0.751. The molecule has 0 spiro atoms. The fourth-order valence-electron chi connectivity index (χ4n) is 1.51. The molecule has 0 fully saturated rings. The Hall–Kier alpha value is -1.36. The lowest BCUT2D eigenvalue weighted by Crippen LogP contribution is -2.40. The highest BCUT2D eigenvalue weighted by Gasteiger charge is 2.24. The van der Waals surface area contributed by atoms with Crippen LogP contribution in [0.2, 0.25) is 0 Å². The zero-order valence-corrected chi connectivity index (χ0v) is 9.27. The summed E-state index contributed by atoms with van der Waals surface area (Å²) in [6, 6.07) is -0.817. The minimum absolute atomic E-state index is 0.201. The molecule has 5 heteroatoms. The molecular formula is C10H17N3O2. The van der Waals surface area contributed by atoms with Crippen LogP contribution in [-0.4, -0.2) is 33.9 Å². The van der Waals surface area contributed by atoms with E-state index >= 15 is 0 Å². The van der Waals surface area contributed by atoms with Crippen molar-refractivity contribution < 1.29 is 9.90 Å². The molecule has 15 heavy (non-hydrogen) atoms. The average Bonchev–Trinajstić information content (AvgIpc) is 2.66. The Kier molecular flexibility index (Phi) is 3.85. The van der Waals surface area contributed by atoms with E-state index in [2.05, 4.69) is 10.4 Å². The van der Waals surface area contributed by atoms with E-state index in [4.69, 9.17) is 5.11 Å². The molecule has 1 heterocycles. The number of aromatic nitrogens is 2. The first kappa shape index (κ1) is 11.7. The van der Waals surface area contributed by atoms with Crippen LogP contribution in [0.25, 0.3) is 0 Å². The molecule has 0 saturated heterocycles. The number of rotatable bonds is 5. The van der Waals surface area contributed by atoms with Gasteiger partial charge in [0.15, 0.2) is 0 Å². The highest BCUT2D eigenvalue weighted by Crippen LogP contribution is 2.11. The van der Waals surface area contributed by atoms with Crippen LogP contribution in [0.1, 0.15) is 25.5 Å². The first-order valence-corrected chi connectivity index (χ1v) is 5.03. The summed E-state index contributed by atoms with van der Waals surface area (Å²) in [6.45, 7) is 3.88. The van der Waals surface area contributed by atoms with Crippen LogP contribution >= 0.6 is 0 Å². The van der Waals surface area contributed by atoms with Gasteiger partial charge in [-0.1, -0.05) is 6.92 Å². The van der Waals surface area contributed by atoms with E-state index in [0.717, 1.165) is 12.0 Å². The van der Waals surface area contributed by atoms with E-state index in [0.29, 0.717) is 0 Å². The molecule has 0 aliphatic rings. The van der Waals surface area contributed by atoms with Gasteiger partial charge in [-0.25, -0.2) is 0 Å². The summed E-state index contributed by atoms with van der Waals surface area (Å²) in [6.07, 6.45) is 4.56. The second-order valence-corrected chi connectivity index (χ2v) is 3.53. The third-order valence-corrected chi connectivity index (χ3v) is 2.54. The lowest BCUT2D eigenvalue weighted by molar-refractivity contribution is -0.140. The van der Waals surface area contributed by atoms with Crippen molar-refractivity contribution in [1.29, 1.82) is 0 Å². The number of hydrogen-bond acceptors (Lipinski definition) is 3. The zero-order chi connectivity index (χ0) is 11.4. The van der Waals surface area contributed by atoms with Gasteiger partial charge in [0.2, 0.25) is 0 Å². The highest BCUT2D eigenvalue weighted by molar-refractivity contribution is 5.74. The van der Waals surface area contributed by atoms with Gasteiger partial charge >= 0.3 is 5.97 Å². The van der Waals surface area contributed by atoms with Gasteiger partial charge in [0.25, 0.3) is 0 Å². The molecule has 0 saturated carbocycles. The van der Waals surface area contributed by atoms with Gasteiger partial charge < -0.3 is 10.4 Å². The van der Waals surface area contributed by atoms with Crippen LogP contribution in [0, 0.1) is 0 Å². The number of nitrogens with one attached hydrogen (secondary N) is 1. The summed E-state index contributed by atoms with van der Waals surface area (Å²) >= 11 is 0. The Labute approximate surface area is 89.1 Å². The third-order valence-electron chi connectivity index (χ3n) is 2.54. The zero-order valence-electron chi connectivity index (χ0n) is 9.27. The number of nitrogens with zero attached hydrogens (tertiary/aromatic N) is 2. The second kappa shape index (κ2) is 4.93. The summed E-state index contributed by atoms with van der Waals surface area (Å²) in [4.78, 5) is 10.9. The molecule has 2 unspecified atom stereocenters. The monoisotopic (exact) mass is 211 g/mol. The van der Waals surface area contributed by atoms with Gasteiger partial charge in [0.05, 0.1) is 12.2 Å². The van der Waals surface area contributed by atoms with Crippen LogP contribution in [0.5, 0.6) is 0 Å². The molecule has 1 aromatic rings. The number of carbonyl (C=O) groups is 1. The summed E-state index contributed by atoms with van der Waals surface area (Å²) < 4.78 is 1.69. The Morgan fingerprint density at radius 1 is 1.73 bits per heavy atom. The van der Waals surface area contributed by atoms with Gasteiger partial charge in [-0.2, -0.15) is 5.10 Å². The Balaban J connectivity index is 2.82. The van der Waals surface area contributed by atoms with E-state index in [1.54, 1.807) is 17.9 Å². The maximum absolute atomic E-state index is 10.9. The molecular weight excluding hydrogens is 194 g/mol. The molecule has 0 bridgehead atoms. The fourth-order valence-corrected chi connectivity index (χ4v) is 1.51. The van der Waals surface area contributed by atoms with Crippen molar-refractivity contribution in [3.8, 4) is 0 Å². The fraction of sp³-hybridized carbons (Fsp3) is 0.600. The van der Waals surface area contributed by atoms with Crippen LogP contribution in [0.4, 0.5) is 0 Å². The third kappa shape index (κ3) is 2.56. The summed E-state index contributed by atoms with van der Waals surface area (Å²) in [7, 11) is 1.64. The molecule has 0 radical (unpaired) electrons. The average molecular weight is 211 g/mol. The van der Waals surface area contributed by atoms with Gasteiger partial charge in [-0.05, 0) is 26.0 Å². The van der Waals surface area contributed by atoms with E-state index in [-0.39, 0.29) is 6.04 Å². The molecule has 2 N–H and O–H groups in total. The molecule has 0 aliphatic carbocycles. The Bertz CT molecular complexity index is 335. The maximum atomic E-state index is 10.9. The van der Waals surface area contributed by atoms with Gasteiger partial charge in [-0.15, -0.1) is 0 Å². The van der Waals surface area contributed by atoms with Crippen molar-refractivity contribution in [3.63, 3.8) is 0 Å². The topological polar surface area (TPSA) is 67.2 Å². The number of aliphatic carboxylic acids is 1. The SMILES string of the molecule is CCc1cnn(C(C)C(NC)C(=O)O)c1. The predicted molar refractivity (Wildman–Crippen MR) is 56.8 cm³/mol. The number of carboxylic acid groups (broad SMARTS) is 1. The minimum Gasteiger partial charge on any atom is -0.480 e. The van der Waals surface area contributed by atoms with Crippen molar-refractivity contribution in [2.45, 2.75) is 32.4 Å². The van der Waals surface area contributed by atoms with E-state index in [1.807, 2.05) is 20.0 Å². The standard InChI is InChI=1S/C10H17N3O2/c1-4-8-5-12-13(6-8)7(2)9(11-3)10(14)15/h5-7,9,11H,4H2,1-3H3,(H,14,15). The molecule has 0 amide bonds. The summed E-state index contributed by atoms with van der Waals surface area (Å²) in [5, 5.41) is 15.9. The molecule has 1 rings (SSSR count). The summed E-state index contributed by atoms with van der Waals surface area (Å²) in [5.74, 6) is -0.862. The van der Waals surface area contributed by atoms with Crippen molar-refractivity contribution in [3.05, 3.63) is 18.0 Å². The molecule has 0 aliphatic heterocycles. The lowest BCUT2D eigenvalue weighted by Gasteiger charge is -2.19. The predicted octanol–water partition coefficient (Wildman–Crippen LogP) is 0.679. The first-order valence-electron chi connectivity index (χ1n) is 5.03. The normalized spacial score (nSPS) is 14.9. The van der Waals surface area contributed by atoms with Gasteiger partial charge in [0, 0.05) is 6.20 Å². The summed E-state index contributed by atoms with van der Waals surface area (Å²) in [5.41, 5.74) is 1.11. The van der Waals surface area contributed by atoms with Crippen LogP contribution in [0.3, 0.4) is 0 Å². The molecule has 2 atom stereocenters. The van der Waals surface area contributed by atoms with Crippen LogP contribution < -0.4 is 5.32 Å². The first-order chi connectivity index (χ1) is 7.10. The van der Waals surface area contributed by atoms with Crippen molar-refractivity contribution >= 4 is 5.97 Å². The van der Waals surface area contributed by atoms with E-state index in [9.17, 15) is 4.79 Å². The molecule has 5 nitrogen and oxygen atoms in total. The van der Waals surface area contributed by atoms with Crippen molar-refractivity contribution in [2.75, 3.05) is 7.05 Å². The number of likely N-dealkylation sites (N-methyl/N-ethyl adjacent to an activating group) is 1.